The van der Waals surface area contributed by atoms with E-state index in [1.807, 2.05) is 19.1 Å². The van der Waals surface area contributed by atoms with Crippen molar-refractivity contribution in [2.45, 2.75) is 44.8 Å². The van der Waals surface area contributed by atoms with Crippen molar-refractivity contribution in [1.82, 2.24) is 0 Å². The van der Waals surface area contributed by atoms with E-state index in [4.69, 9.17) is 14.2 Å². The third kappa shape index (κ3) is 3.87. The molecule has 122 valence electrons. The van der Waals surface area contributed by atoms with Gasteiger partial charge in [0.25, 0.3) is 0 Å². The molecule has 0 radical (unpaired) electrons. The highest BCUT2D eigenvalue weighted by atomic mass is 16.5. The van der Waals surface area contributed by atoms with E-state index in [2.05, 4.69) is 18.2 Å². The number of carbonyl (C=O) groups is 1. The van der Waals surface area contributed by atoms with Crippen molar-refractivity contribution >= 4 is 5.97 Å². The van der Waals surface area contributed by atoms with Gasteiger partial charge in [0.15, 0.2) is 0 Å². The van der Waals surface area contributed by atoms with E-state index in [9.17, 15) is 4.79 Å². The Labute approximate surface area is 132 Å². The highest BCUT2D eigenvalue weighted by Gasteiger charge is 2.38. The Hall–Kier alpha value is -1.39. The summed E-state index contributed by atoms with van der Waals surface area (Å²) < 4.78 is 16.3. The van der Waals surface area contributed by atoms with Gasteiger partial charge in [0.2, 0.25) is 0 Å². The predicted molar refractivity (Wildman–Crippen MR) is 85.5 cm³/mol. The number of hydrogen-bond acceptors (Lipinski definition) is 4. The topological polar surface area (TPSA) is 44.8 Å². The summed E-state index contributed by atoms with van der Waals surface area (Å²) >= 11 is 0. The highest BCUT2D eigenvalue weighted by molar-refractivity contribution is 5.81. The summed E-state index contributed by atoms with van der Waals surface area (Å²) in [7, 11) is 3.00. The Kier molecular flexibility index (Phi) is 5.98. The molecule has 0 aromatic heterocycles. The van der Waals surface area contributed by atoms with Crippen LogP contribution in [0.15, 0.2) is 36.0 Å². The second-order valence-corrected chi connectivity index (χ2v) is 6.09. The molecule has 0 aliphatic heterocycles. The SMILES string of the molecule is COCC(C)(C(=O)OC)C1=CCC(OC2CC=CCC2)C=C1. The van der Waals surface area contributed by atoms with E-state index in [1.165, 1.54) is 7.11 Å². The average molecular weight is 306 g/mol. The monoisotopic (exact) mass is 306 g/mol. The van der Waals surface area contributed by atoms with Crippen LogP contribution in [0.4, 0.5) is 0 Å². The van der Waals surface area contributed by atoms with Crippen LogP contribution in [0.1, 0.15) is 32.6 Å². The molecule has 4 heteroatoms. The quantitative estimate of drug-likeness (QED) is 0.558. The first-order chi connectivity index (χ1) is 10.6. The summed E-state index contributed by atoms with van der Waals surface area (Å²) in [6.45, 7) is 2.15. The molecule has 2 aliphatic rings. The van der Waals surface area contributed by atoms with Gasteiger partial charge >= 0.3 is 5.97 Å². The maximum atomic E-state index is 12.1. The lowest BCUT2D eigenvalue weighted by Gasteiger charge is -2.31. The molecule has 0 fully saturated rings. The van der Waals surface area contributed by atoms with Crippen molar-refractivity contribution in [3.63, 3.8) is 0 Å². The van der Waals surface area contributed by atoms with Crippen molar-refractivity contribution in [2.75, 3.05) is 20.8 Å². The summed E-state index contributed by atoms with van der Waals surface area (Å²) in [4.78, 5) is 12.1. The third-order valence-electron chi connectivity index (χ3n) is 4.35. The summed E-state index contributed by atoms with van der Waals surface area (Å²) in [5.74, 6) is -0.276. The van der Waals surface area contributed by atoms with Gasteiger partial charge in [-0.25, -0.2) is 0 Å². The minimum absolute atomic E-state index is 0.0877. The molecule has 0 N–H and O–H groups in total. The molecule has 3 unspecified atom stereocenters. The van der Waals surface area contributed by atoms with Crippen molar-refractivity contribution in [2.24, 2.45) is 5.41 Å². The van der Waals surface area contributed by atoms with Gasteiger partial charge in [-0.3, -0.25) is 4.79 Å². The fraction of sp³-hybridized carbons (Fsp3) is 0.611. The zero-order valence-corrected chi connectivity index (χ0v) is 13.7. The maximum absolute atomic E-state index is 12.1. The van der Waals surface area contributed by atoms with E-state index in [0.29, 0.717) is 12.7 Å². The molecular weight excluding hydrogens is 280 g/mol. The normalized spacial score (nSPS) is 27.1. The summed E-state index contributed by atoms with van der Waals surface area (Å²) in [5.41, 5.74) is 0.169. The van der Waals surface area contributed by atoms with E-state index in [1.54, 1.807) is 7.11 Å². The van der Waals surface area contributed by atoms with Gasteiger partial charge in [-0.1, -0.05) is 30.4 Å². The first-order valence-electron chi connectivity index (χ1n) is 7.87. The van der Waals surface area contributed by atoms with E-state index < -0.39 is 5.41 Å². The number of ether oxygens (including phenoxy) is 3. The van der Waals surface area contributed by atoms with Crippen molar-refractivity contribution in [3.05, 3.63) is 36.0 Å². The predicted octanol–water partition coefficient (Wildman–Crippen LogP) is 3.19. The Morgan fingerprint density at radius 3 is 2.68 bits per heavy atom. The minimum Gasteiger partial charge on any atom is -0.468 e. The van der Waals surface area contributed by atoms with Crippen molar-refractivity contribution in [3.8, 4) is 0 Å². The second-order valence-electron chi connectivity index (χ2n) is 6.09. The molecule has 0 saturated heterocycles. The van der Waals surface area contributed by atoms with E-state index >= 15 is 0 Å². The second kappa shape index (κ2) is 7.75. The van der Waals surface area contributed by atoms with Gasteiger partial charge in [-0.2, -0.15) is 0 Å². The summed E-state index contributed by atoms with van der Waals surface area (Å²) in [6, 6.07) is 0. The fourth-order valence-corrected chi connectivity index (χ4v) is 3.02. The third-order valence-corrected chi connectivity index (χ3v) is 4.35. The molecule has 3 atom stereocenters. The highest BCUT2D eigenvalue weighted by Crippen LogP contribution is 2.33. The number of esters is 1. The van der Waals surface area contributed by atoms with Gasteiger partial charge in [0.1, 0.15) is 5.41 Å². The minimum atomic E-state index is -0.765. The standard InChI is InChI=1S/C18H26O4/c1-18(13-20-2,17(19)21-3)14-9-11-16(12-10-14)22-15-7-5-4-6-8-15/h4-5,9-11,15-16H,6-8,12-13H2,1-3H3. The smallest absolute Gasteiger partial charge is 0.318 e. The zero-order valence-electron chi connectivity index (χ0n) is 13.7. The van der Waals surface area contributed by atoms with Crippen molar-refractivity contribution < 1.29 is 19.0 Å². The zero-order chi connectivity index (χ0) is 16.0. The van der Waals surface area contributed by atoms with Gasteiger partial charge < -0.3 is 14.2 Å². The molecule has 0 saturated carbocycles. The van der Waals surface area contributed by atoms with Crippen LogP contribution in [-0.2, 0) is 19.0 Å². The van der Waals surface area contributed by atoms with Crippen LogP contribution in [0, 0.1) is 5.41 Å². The van der Waals surface area contributed by atoms with Crippen LogP contribution < -0.4 is 0 Å². The van der Waals surface area contributed by atoms with Gasteiger partial charge in [0, 0.05) is 7.11 Å². The van der Waals surface area contributed by atoms with Gasteiger partial charge in [-0.05, 0) is 38.2 Å². The lowest BCUT2D eigenvalue weighted by atomic mass is 9.80. The average Bonchev–Trinajstić information content (AvgIpc) is 2.55. The van der Waals surface area contributed by atoms with Crippen LogP contribution in [0.3, 0.4) is 0 Å². The molecule has 0 bridgehead atoms. The first-order valence-corrected chi connectivity index (χ1v) is 7.87. The summed E-state index contributed by atoms with van der Waals surface area (Å²) in [6.07, 6.45) is 14.8. The molecule has 2 aliphatic carbocycles. The molecular formula is C18H26O4. The fourth-order valence-electron chi connectivity index (χ4n) is 3.02. The van der Waals surface area contributed by atoms with Crippen LogP contribution in [0.2, 0.25) is 0 Å². The van der Waals surface area contributed by atoms with Crippen LogP contribution in [0.25, 0.3) is 0 Å². The lowest BCUT2D eigenvalue weighted by Crippen LogP contribution is -2.36. The molecule has 2 rings (SSSR count). The Morgan fingerprint density at radius 1 is 1.32 bits per heavy atom. The van der Waals surface area contributed by atoms with Crippen LogP contribution in [-0.4, -0.2) is 39.0 Å². The number of carbonyl (C=O) groups excluding carboxylic acids is 1. The Morgan fingerprint density at radius 2 is 2.14 bits per heavy atom. The van der Waals surface area contributed by atoms with Crippen LogP contribution in [0.5, 0.6) is 0 Å². The molecule has 4 nitrogen and oxygen atoms in total. The lowest BCUT2D eigenvalue weighted by molar-refractivity contribution is -0.152. The molecule has 22 heavy (non-hydrogen) atoms. The van der Waals surface area contributed by atoms with Crippen molar-refractivity contribution in [1.29, 1.82) is 0 Å². The molecule has 0 spiro atoms. The number of hydrogen-bond donors (Lipinski definition) is 0. The van der Waals surface area contributed by atoms with Gasteiger partial charge in [0.05, 0.1) is 25.9 Å². The molecule has 0 aromatic rings. The molecule has 0 heterocycles. The summed E-state index contributed by atoms with van der Waals surface area (Å²) in [5, 5.41) is 0. The van der Waals surface area contributed by atoms with E-state index in [-0.39, 0.29) is 12.1 Å². The maximum Gasteiger partial charge on any atom is 0.318 e. The number of methoxy groups -OCH3 is 2. The van der Waals surface area contributed by atoms with Crippen LogP contribution >= 0.6 is 0 Å². The Bertz CT molecular complexity index is 477. The Balaban J connectivity index is 1.99. The molecule has 0 amide bonds. The van der Waals surface area contributed by atoms with E-state index in [0.717, 1.165) is 31.3 Å². The largest absolute Gasteiger partial charge is 0.468 e. The first kappa shape index (κ1) is 17.0. The number of allylic oxidation sites excluding steroid dienone is 2. The van der Waals surface area contributed by atoms with Gasteiger partial charge in [-0.15, -0.1) is 0 Å². The number of rotatable bonds is 6. The molecule has 0 aromatic carbocycles.